The van der Waals surface area contributed by atoms with Crippen molar-refractivity contribution in [2.24, 2.45) is 5.10 Å². The fraction of sp³-hybridized carbons (Fsp3) is 0.250. The molecule has 2 aromatic carbocycles. The highest BCUT2D eigenvalue weighted by Crippen LogP contribution is 2.32. The van der Waals surface area contributed by atoms with Gasteiger partial charge in [0, 0.05) is 27.0 Å². The molecule has 0 radical (unpaired) electrons. The second kappa shape index (κ2) is 8.32. The number of phenolic OH excluding ortho intramolecular Hbond substituents is 1. The summed E-state index contributed by atoms with van der Waals surface area (Å²) in [5.74, 6) is 0.682. The van der Waals surface area contributed by atoms with Gasteiger partial charge in [-0.1, -0.05) is 41.4 Å². The molecule has 0 aliphatic heterocycles. The first-order valence-electron chi connectivity index (χ1n) is 8.68. The molecule has 1 aromatic heterocycles. The Kier molecular flexibility index (Phi) is 6.05. The Morgan fingerprint density at radius 3 is 2.82 bits per heavy atom. The van der Waals surface area contributed by atoms with E-state index in [9.17, 15) is 9.90 Å². The molecule has 0 amide bonds. The van der Waals surface area contributed by atoms with Crippen LogP contribution in [0.1, 0.15) is 37.6 Å². The van der Waals surface area contributed by atoms with E-state index in [0.29, 0.717) is 27.3 Å². The predicted octanol–water partition coefficient (Wildman–Crippen LogP) is 4.92. The quantitative estimate of drug-likeness (QED) is 0.544. The van der Waals surface area contributed by atoms with Crippen LogP contribution in [-0.2, 0) is 0 Å². The summed E-state index contributed by atoms with van der Waals surface area (Å²) in [6.07, 6.45) is 2.17. The average molecular weight is 465 g/mol. The third kappa shape index (κ3) is 3.91. The minimum atomic E-state index is -0.286. The summed E-state index contributed by atoms with van der Waals surface area (Å²) >= 11 is 9.46. The van der Waals surface area contributed by atoms with Crippen molar-refractivity contribution in [3.05, 3.63) is 61.6 Å². The van der Waals surface area contributed by atoms with Crippen LogP contribution in [0.4, 0.5) is 0 Å². The van der Waals surface area contributed by atoms with Crippen LogP contribution in [0.25, 0.3) is 10.9 Å². The highest BCUT2D eigenvalue weighted by atomic mass is 79.9. The van der Waals surface area contributed by atoms with Crippen LogP contribution in [0, 0.1) is 0 Å². The van der Waals surface area contributed by atoms with E-state index in [1.165, 1.54) is 24.1 Å². The maximum atomic E-state index is 13.1. The number of nitrogens with zero attached hydrogens (tertiary/aromatic N) is 3. The number of aromatic hydroxyl groups is 1. The van der Waals surface area contributed by atoms with Gasteiger partial charge in [-0.3, -0.25) is 4.79 Å². The van der Waals surface area contributed by atoms with Gasteiger partial charge in [0.05, 0.1) is 24.2 Å². The molecule has 3 rings (SSSR count). The summed E-state index contributed by atoms with van der Waals surface area (Å²) < 4.78 is 7.16. The average Bonchev–Trinajstić information content (AvgIpc) is 2.68. The molecule has 1 atom stereocenters. The maximum Gasteiger partial charge on any atom is 0.282 e. The summed E-state index contributed by atoms with van der Waals surface area (Å²) in [6.45, 7) is 4.00. The number of benzene rings is 2. The summed E-state index contributed by atoms with van der Waals surface area (Å²) in [4.78, 5) is 17.7. The molecule has 0 saturated carbocycles. The van der Waals surface area contributed by atoms with Crippen LogP contribution < -0.4 is 10.3 Å². The molecule has 1 N–H and O–H groups in total. The minimum absolute atomic E-state index is 0.0143. The van der Waals surface area contributed by atoms with E-state index in [0.717, 1.165) is 10.9 Å². The fourth-order valence-electron chi connectivity index (χ4n) is 2.75. The lowest BCUT2D eigenvalue weighted by Crippen LogP contribution is -2.23. The molecule has 146 valence electrons. The third-order valence-electron chi connectivity index (χ3n) is 4.49. The van der Waals surface area contributed by atoms with Crippen LogP contribution in [0.5, 0.6) is 11.5 Å². The highest BCUT2D eigenvalue weighted by Gasteiger charge is 2.16. The molecule has 0 aliphatic carbocycles. The SMILES string of the molecule is CC[C@@H](C)c1nc2ccc(Br)cc2c(=O)n1N=Cc1cc(Cl)cc(OC)c1O. The van der Waals surface area contributed by atoms with E-state index in [1.807, 2.05) is 19.9 Å². The standard InChI is InChI=1S/C20H19BrClN3O3/c1-4-11(2)19-24-16-6-5-13(21)8-15(16)20(27)25(19)23-10-12-7-14(22)9-17(28-3)18(12)26/h5-11,26H,4H2,1-3H3/t11-/m1/s1. The van der Waals surface area contributed by atoms with Crippen LogP contribution in [0.2, 0.25) is 5.02 Å². The number of fused-ring (bicyclic) bond motifs is 1. The zero-order valence-electron chi connectivity index (χ0n) is 15.6. The fourth-order valence-corrected chi connectivity index (χ4v) is 3.33. The Bertz CT molecular complexity index is 1130. The summed E-state index contributed by atoms with van der Waals surface area (Å²) in [7, 11) is 1.43. The Labute approximate surface area is 175 Å². The molecule has 0 unspecified atom stereocenters. The van der Waals surface area contributed by atoms with E-state index in [4.69, 9.17) is 16.3 Å². The number of hydrogen-bond donors (Lipinski definition) is 1. The van der Waals surface area contributed by atoms with Crippen LogP contribution >= 0.6 is 27.5 Å². The molecule has 6 nitrogen and oxygen atoms in total. The first-order valence-corrected chi connectivity index (χ1v) is 9.85. The molecule has 0 fully saturated rings. The van der Waals surface area contributed by atoms with Crippen LogP contribution in [-0.4, -0.2) is 28.1 Å². The van der Waals surface area contributed by atoms with Gasteiger partial charge in [0.25, 0.3) is 5.56 Å². The Balaban J connectivity index is 2.22. The Morgan fingerprint density at radius 2 is 2.14 bits per heavy atom. The molecule has 0 saturated heterocycles. The van der Waals surface area contributed by atoms with Gasteiger partial charge in [-0.25, -0.2) is 4.98 Å². The van der Waals surface area contributed by atoms with Crippen molar-refractivity contribution < 1.29 is 9.84 Å². The topological polar surface area (TPSA) is 76.7 Å². The number of halogens is 2. The summed E-state index contributed by atoms with van der Waals surface area (Å²) in [5, 5.41) is 15.5. The zero-order chi connectivity index (χ0) is 20.4. The first-order chi connectivity index (χ1) is 13.3. The number of ether oxygens (including phenoxy) is 1. The van der Waals surface area contributed by atoms with E-state index >= 15 is 0 Å². The van der Waals surface area contributed by atoms with Gasteiger partial charge in [0.2, 0.25) is 0 Å². The number of methoxy groups -OCH3 is 1. The van der Waals surface area contributed by atoms with E-state index in [2.05, 4.69) is 26.0 Å². The number of rotatable bonds is 5. The van der Waals surface area contributed by atoms with Gasteiger partial charge in [-0.15, -0.1) is 0 Å². The molecule has 1 heterocycles. The van der Waals surface area contributed by atoms with Crippen LogP contribution in [0.15, 0.2) is 44.7 Å². The second-order valence-electron chi connectivity index (χ2n) is 6.35. The summed E-state index contributed by atoms with van der Waals surface area (Å²) in [5.41, 5.74) is 0.661. The van der Waals surface area contributed by atoms with Gasteiger partial charge in [-0.05, 0) is 30.7 Å². The van der Waals surface area contributed by atoms with E-state index in [-0.39, 0.29) is 23.0 Å². The van der Waals surface area contributed by atoms with Gasteiger partial charge in [-0.2, -0.15) is 9.78 Å². The smallest absolute Gasteiger partial charge is 0.282 e. The molecule has 3 aromatic rings. The highest BCUT2D eigenvalue weighted by molar-refractivity contribution is 9.10. The second-order valence-corrected chi connectivity index (χ2v) is 7.70. The molecule has 0 bridgehead atoms. The number of aromatic nitrogens is 2. The van der Waals surface area contributed by atoms with Gasteiger partial charge < -0.3 is 9.84 Å². The molecule has 0 aliphatic rings. The molecule has 8 heteroatoms. The van der Waals surface area contributed by atoms with Gasteiger partial charge in [0.1, 0.15) is 5.82 Å². The molecular weight excluding hydrogens is 446 g/mol. The van der Waals surface area contributed by atoms with Crippen molar-refractivity contribution in [3.63, 3.8) is 0 Å². The number of phenols is 1. The number of hydrogen-bond acceptors (Lipinski definition) is 5. The lowest BCUT2D eigenvalue weighted by molar-refractivity contribution is 0.373. The zero-order valence-corrected chi connectivity index (χ0v) is 18.0. The van der Waals surface area contributed by atoms with Gasteiger partial charge >= 0.3 is 0 Å². The van der Waals surface area contributed by atoms with Crippen molar-refractivity contribution in [1.82, 2.24) is 9.66 Å². The van der Waals surface area contributed by atoms with Crippen molar-refractivity contribution in [1.29, 1.82) is 0 Å². The van der Waals surface area contributed by atoms with Gasteiger partial charge in [0.15, 0.2) is 11.5 Å². The first kappa shape index (κ1) is 20.4. The third-order valence-corrected chi connectivity index (χ3v) is 5.20. The Hall–Kier alpha value is -2.38. The minimum Gasteiger partial charge on any atom is -0.504 e. The lowest BCUT2D eigenvalue weighted by Gasteiger charge is -2.14. The summed E-state index contributed by atoms with van der Waals surface area (Å²) in [6, 6.07) is 8.41. The molecule has 0 spiro atoms. The molecule has 28 heavy (non-hydrogen) atoms. The Morgan fingerprint density at radius 1 is 1.39 bits per heavy atom. The molecular formula is C20H19BrClN3O3. The predicted molar refractivity (Wildman–Crippen MR) is 115 cm³/mol. The maximum absolute atomic E-state index is 13.1. The normalized spacial score (nSPS) is 12.6. The van der Waals surface area contributed by atoms with E-state index in [1.54, 1.807) is 18.2 Å². The van der Waals surface area contributed by atoms with Crippen molar-refractivity contribution in [2.75, 3.05) is 7.11 Å². The van der Waals surface area contributed by atoms with Crippen molar-refractivity contribution >= 4 is 44.6 Å². The lowest BCUT2D eigenvalue weighted by atomic mass is 10.1. The van der Waals surface area contributed by atoms with Crippen molar-refractivity contribution in [2.45, 2.75) is 26.2 Å². The van der Waals surface area contributed by atoms with Crippen LogP contribution in [0.3, 0.4) is 0 Å². The van der Waals surface area contributed by atoms with Crippen molar-refractivity contribution in [3.8, 4) is 11.5 Å². The van der Waals surface area contributed by atoms with E-state index < -0.39 is 0 Å². The largest absolute Gasteiger partial charge is 0.504 e. The monoisotopic (exact) mass is 463 g/mol.